The first-order valence-corrected chi connectivity index (χ1v) is 14.4. The second kappa shape index (κ2) is 11.2. The summed E-state index contributed by atoms with van der Waals surface area (Å²) in [7, 11) is 0. The third-order valence-electron chi connectivity index (χ3n) is 5.86. The molecule has 0 radical (unpaired) electrons. The fourth-order valence-corrected chi connectivity index (χ4v) is 7.01. The van der Waals surface area contributed by atoms with Gasteiger partial charge in [-0.25, -0.2) is 14.8 Å². The fourth-order valence-electron chi connectivity index (χ4n) is 4.22. The summed E-state index contributed by atoms with van der Waals surface area (Å²) in [5, 5.41) is 14.0. The Hall–Kier alpha value is -4.14. The van der Waals surface area contributed by atoms with Crippen molar-refractivity contribution in [2.45, 2.75) is 36.9 Å². The molecule has 0 amide bonds. The number of carbonyl (C=O) groups excluding carboxylic acids is 1. The quantitative estimate of drug-likeness (QED) is 0.148. The van der Waals surface area contributed by atoms with Crippen LogP contribution in [0.15, 0.2) is 77.7 Å². The van der Waals surface area contributed by atoms with Gasteiger partial charge >= 0.3 is 5.97 Å². The van der Waals surface area contributed by atoms with Gasteiger partial charge in [0.1, 0.15) is 6.04 Å². The topological polar surface area (TPSA) is 150 Å². The van der Waals surface area contributed by atoms with Crippen LogP contribution in [0.3, 0.4) is 0 Å². The number of thiophene rings is 1. The molecule has 11 nitrogen and oxygen atoms in total. The van der Waals surface area contributed by atoms with Crippen molar-refractivity contribution < 1.29 is 14.5 Å². The van der Waals surface area contributed by atoms with Crippen molar-refractivity contribution in [2.75, 3.05) is 6.61 Å². The molecule has 0 aliphatic carbocycles. The van der Waals surface area contributed by atoms with Crippen molar-refractivity contribution in [1.82, 2.24) is 14.5 Å². The number of nitro groups is 1. The molecule has 1 aliphatic heterocycles. The number of ether oxygens (including phenoxy) is 1. The second-order valence-electron chi connectivity index (χ2n) is 8.60. The minimum absolute atomic E-state index is 0.181. The molecule has 5 rings (SSSR count). The second-order valence-corrected chi connectivity index (χ2v) is 11.6. The number of allylic oxidation sites excluding steroid dienone is 1. The summed E-state index contributed by atoms with van der Waals surface area (Å²) in [6.45, 7) is 5.26. The number of carbonyl (C=O) groups is 1. The van der Waals surface area contributed by atoms with Crippen molar-refractivity contribution in [2.24, 2.45) is 4.99 Å². The Labute approximate surface area is 238 Å². The number of aromatic amines is 1. The van der Waals surface area contributed by atoms with Crippen LogP contribution in [0.25, 0.3) is 6.08 Å². The fraction of sp³-hybridized carbons (Fsp3) is 0.192. The van der Waals surface area contributed by atoms with Gasteiger partial charge in [0.2, 0.25) is 0 Å². The van der Waals surface area contributed by atoms with Gasteiger partial charge < -0.3 is 9.72 Å². The molecular weight excluding hydrogens is 575 g/mol. The van der Waals surface area contributed by atoms with E-state index in [1.54, 1.807) is 39.0 Å². The lowest BCUT2D eigenvalue weighted by atomic mass is 10.0. The average Bonchev–Trinajstić information content (AvgIpc) is 3.52. The summed E-state index contributed by atoms with van der Waals surface area (Å²) < 4.78 is 7.05. The van der Waals surface area contributed by atoms with Crippen LogP contribution in [-0.4, -0.2) is 32.0 Å². The predicted octanol–water partition coefficient (Wildman–Crippen LogP) is 3.31. The first kappa shape index (κ1) is 27.4. The summed E-state index contributed by atoms with van der Waals surface area (Å²) in [5.74, 6) is -0.537. The molecule has 204 valence electrons. The first-order chi connectivity index (χ1) is 19.2. The summed E-state index contributed by atoms with van der Waals surface area (Å²) in [6, 6.07) is 8.88. The SMILES string of the molecule is CCOC(=O)C1=C(C)N=c2s/c(=C/c3ccc(Sc4nc(C)cc(=O)[nH]4)c([N+](=O)[O-])c3)c(=O)n2[C@H]1c1cccs1. The largest absolute Gasteiger partial charge is 0.463 e. The van der Waals surface area contributed by atoms with Crippen molar-refractivity contribution in [3.8, 4) is 0 Å². The van der Waals surface area contributed by atoms with E-state index < -0.39 is 16.9 Å². The van der Waals surface area contributed by atoms with Crippen molar-refractivity contribution >= 4 is 52.2 Å². The molecule has 0 saturated heterocycles. The highest BCUT2D eigenvalue weighted by molar-refractivity contribution is 7.99. The maximum atomic E-state index is 13.7. The van der Waals surface area contributed by atoms with Crippen LogP contribution in [0.5, 0.6) is 0 Å². The number of esters is 1. The van der Waals surface area contributed by atoms with E-state index in [0.717, 1.165) is 28.0 Å². The molecule has 3 aromatic heterocycles. The first-order valence-electron chi connectivity index (χ1n) is 11.9. The number of nitro benzene ring substituents is 1. The zero-order valence-electron chi connectivity index (χ0n) is 21.4. The maximum absolute atomic E-state index is 13.7. The van der Waals surface area contributed by atoms with Gasteiger partial charge in [0.25, 0.3) is 16.8 Å². The molecule has 0 spiro atoms. The van der Waals surface area contributed by atoms with Crippen molar-refractivity contribution in [1.29, 1.82) is 0 Å². The van der Waals surface area contributed by atoms with Crippen LogP contribution in [0, 0.1) is 17.0 Å². The molecule has 0 saturated carbocycles. The van der Waals surface area contributed by atoms with E-state index in [-0.39, 0.29) is 33.5 Å². The molecule has 0 unspecified atom stereocenters. The zero-order valence-corrected chi connectivity index (χ0v) is 23.8. The van der Waals surface area contributed by atoms with E-state index in [9.17, 15) is 24.5 Å². The van der Waals surface area contributed by atoms with Gasteiger partial charge in [0.15, 0.2) is 9.96 Å². The van der Waals surface area contributed by atoms with Gasteiger partial charge in [0, 0.05) is 22.7 Å². The highest BCUT2D eigenvalue weighted by atomic mass is 32.2. The molecule has 14 heteroatoms. The molecule has 0 bridgehead atoms. The van der Waals surface area contributed by atoms with Crippen molar-refractivity contribution in [3.05, 3.63) is 109 Å². The molecule has 1 N–H and O–H groups in total. The number of nitrogens with one attached hydrogen (secondary N) is 1. The molecule has 1 aliphatic rings. The third-order valence-corrected chi connectivity index (χ3v) is 8.72. The van der Waals surface area contributed by atoms with E-state index in [1.807, 2.05) is 17.5 Å². The molecule has 1 atom stereocenters. The van der Waals surface area contributed by atoms with Gasteiger partial charge in [-0.3, -0.25) is 24.3 Å². The number of aromatic nitrogens is 3. The summed E-state index contributed by atoms with van der Waals surface area (Å²) in [5.41, 5.74) is 0.746. The minimum atomic E-state index is -0.699. The Morgan fingerprint density at radius 2 is 2.08 bits per heavy atom. The molecule has 0 fully saturated rings. The Morgan fingerprint density at radius 1 is 1.27 bits per heavy atom. The number of aryl methyl sites for hydroxylation is 1. The van der Waals surface area contributed by atoms with Gasteiger partial charge in [-0.2, -0.15) is 0 Å². The number of hydrogen-bond acceptors (Lipinski definition) is 11. The van der Waals surface area contributed by atoms with Gasteiger partial charge in [-0.1, -0.05) is 23.5 Å². The number of hydrogen-bond donors (Lipinski definition) is 1. The van der Waals surface area contributed by atoms with E-state index in [2.05, 4.69) is 15.0 Å². The van der Waals surface area contributed by atoms with Crippen LogP contribution < -0.4 is 20.5 Å². The highest BCUT2D eigenvalue weighted by Gasteiger charge is 2.34. The Bertz CT molecular complexity index is 1920. The van der Waals surface area contributed by atoms with E-state index in [0.29, 0.717) is 31.9 Å². The maximum Gasteiger partial charge on any atom is 0.338 e. The lowest BCUT2D eigenvalue weighted by Crippen LogP contribution is -2.39. The number of nitrogens with zero attached hydrogens (tertiary/aromatic N) is 4. The monoisotopic (exact) mass is 595 g/mol. The van der Waals surface area contributed by atoms with Crippen LogP contribution in [0.4, 0.5) is 5.69 Å². The Morgan fingerprint density at radius 3 is 2.75 bits per heavy atom. The molecule has 4 heterocycles. The third kappa shape index (κ3) is 5.33. The smallest absolute Gasteiger partial charge is 0.338 e. The van der Waals surface area contributed by atoms with Crippen molar-refractivity contribution in [3.63, 3.8) is 0 Å². The number of benzene rings is 1. The average molecular weight is 596 g/mol. The van der Waals surface area contributed by atoms with E-state index in [1.165, 1.54) is 28.0 Å². The molecule has 40 heavy (non-hydrogen) atoms. The lowest BCUT2D eigenvalue weighted by molar-refractivity contribution is -0.387. The number of fused-ring (bicyclic) bond motifs is 1. The number of H-pyrrole nitrogens is 1. The molecular formula is C26H21N5O6S3. The van der Waals surface area contributed by atoms with Gasteiger partial charge in [-0.05, 0) is 61.7 Å². The van der Waals surface area contributed by atoms with Crippen LogP contribution in [0.2, 0.25) is 0 Å². The summed E-state index contributed by atoms with van der Waals surface area (Å²) >= 11 is 3.52. The summed E-state index contributed by atoms with van der Waals surface area (Å²) in [6.07, 6.45) is 1.56. The predicted molar refractivity (Wildman–Crippen MR) is 152 cm³/mol. The van der Waals surface area contributed by atoms with E-state index >= 15 is 0 Å². The molecule has 4 aromatic rings. The van der Waals surface area contributed by atoms with Crippen LogP contribution >= 0.6 is 34.4 Å². The standard InChI is InChI=1S/C26H21N5O6S3/c1-4-37-24(34)21-14(3)28-26-30(22(21)18-6-5-9-38-18)23(33)19(40-26)12-15-7-8-17(16(11-15)31(35)36)39-25-27-13(2)10-20(32)29-25/h5-12,22H,4H2,1-3H3,(H,27,29,32)/b19-12+/t22-/m0/s1. The zero-order chi connectivity index (χ0) is 28.6. The lowest BCUT2D eigenvalue weighted by Gasteiger charge is -2.23. The van der Waals surface area contributed by atoms with Crippen LogP contribution in [0.1, 0.15) is 36.0 Å². The summed E-state index contributed by atoms with van der Waals surface area (Å²) in [4.78, 5) is 62.5. The van der Waals surface area contributed by atoms with Crippen LogP contribution in [-0.2, 0) is 9.53 Å². The minimum Gasteiger partial charge on any atom is -0.463 e. The normalized spacial score (nSPS) is 15.1. The molecule has 1 aromatic carbocycles. The van der Waals surface area contributed by atoms with E-state index in [4.69, 9.17) is 4.74 Å². The Kier molecular flexibility index (Phi) is 7.65. The number of thiazole rings is 1. The Balaban J connectivity index is 1.60. The highest BCUT2D eigenvalue weighted by Crippen LogP contribution is 2.34. The number of rotatable bonds is 7. The van der Waals surface area contributed by atoms with Gasteiger partial charge in [-0.15, -0.1) is 11.3 Å². The van der Waals surface area contributed by atoms with Gasteiger partial charge in [0.05, 0.1) is 32.2 Å².